The Morgan fingerprint density at radius 3 is 2.57 bits per heavy atom. The Morgan fingerprint density at radius 2 is 1.78 bits per heavy atom. The van der Waals surface area contributed by atoms with Gasteiger partial charge in [-0.2, -0.15) is 5.10 Å². The standard InChI is InChI=1S/C17H22N6/c1-14-4-5-15(21-20-14)22-10-2-6-17(12-22)7-11-23(13-17)16-18-8-3-9-19-16/h3-5,8-9H,2,6-7,10-13H2,1H3/t17-/m1/s1. The molecule has 0 saturated carbocycles. The van der Waals surface area contributed by atoms with Crippen molar-refractivity contribution >= 4 is 11.8 Å². The average Bonchev–Trinajstić information content (AvgIpc) is 3.00. The molecule has 6 heteroatoms. The molecule has 2 aliphatic rings. The van der Waals surface area contributed by atoms with Gasteiger partial charge in [0.1, 0.15) is 0 Å². The largest absolute Gasteiger partial charge is 0.355 e. The van der Waals surface area contributed by atoms with E-state index in [2.05, 4.69) is 36.0 Å². The summed E-state index contributed by atoms with van der Waals surface area (Å²) in [5.41, 5.74) is 1.29. The summed E-state index contributed by atoms with van der Waals surface area (Å²) in [4.78, 5) is 13.5. The van der Waals surface area contributed by atoms with Crippen molar-refractivity contribution < 1.29 is 0 Å². The maximum absolute atomic E-state index is 4.40. The van der Waals surface area contributed by atoms with E-state index in [4.69, 9.17) is 0 Å². The minimum Gasteiger partial charge on any atom is -0.355 e. The van der Waals surface area contributed by atoms with E-state index in [1.807, 2.05) is 31.5 Å². The van der Waals surface area contributed by atoms with Crippen LogP contribution in [0.5, 0.6) is 0 Å². The van der Waals surface area contributed by atoms with Gasteiger partial charge in [0, 0.05) is 44.0 Å². The molecule has 0 unspecified atom stereocenters. The van der Waals surface area contributed by atoms with Gasteiger partial charge in [0.25, 0.3) is 0 Å². The van der Waals surface area contributed by atoms with Crippen molar-refractivity contribution in [2.24, 2.45) is 5.41 Å². The van der Waals surface area contributed by atoms with Gasteiger partial charge in [-0.25, -0.2) is 9.97 Å². The summed E-state index contributed by atoms with van der Waals surface area (Å²) in [6.45, 7) is 6.17. The molecule has 0 aliphatic carbocycles. The van der Waals surface area contributed by atoms with E-state index in [0.717, 1.165) is 43.6 Å². The first-order valence-electron chi connectivity index (χ1n) is 8.31. The van der Waals surface area contributed by atoms with Crippen molar-refractivity contribution in [1.29, 1.82) is 0 Å². The number of hydrogen-bond donors (Lipinski definition) is 0. The first kappa shape index (κ1) is 14.4. The molecule has 1 atom stereocenters. The minimum atomic E-state index is 0.323. The van der Waals surface area contributed by atoms with Crippen LogP contribution in [0.3, 0.4) is 0 Å². The van der Waals surface area contributed by atoms with Crippen LogP contribution in [0.2, 0.25) is 0 Å². The van der Waals surface area contributed by atoms with Crippen molar-refractivity contribution in [1.82, 2.24) is 20.2 Å². The fourth-order valence-corrected chi connectivity index (χ4v) is 3.86. The van der Waals surface area contributed by atoms with Crippen LogP contribution in [0, 0.1) is 12.3 Å². The smallest absolute Gasteiger partial charge is 0.225 e. The van der Waals surface area contributed by atoms with Gasteiger partial charge in [0.05, 0.1) is 5.69 Å². The monoisotopic (exact) mass is 310 g/mol. The van der Waals surface area contributed by atoms with Gasteiger partial charge < -0.3 is 9.80 Å². The molecule has 4 heterocycles. The van der Waals surface area contributed by atoms with E-state index in [1.54, 1.807) is 0 Å². The number of rotatable bonds is 2. The molecule has 0 N–H and O–H groups in total. The summed E-state index contributed by atoms with van der Waals surface area (Å²) in [5.74, 6) is 1.86. The number of aryl methyl sites for hydroxylation is 1. The normalized spacial score (nSPS) is 24.4. The zero-order valence-electron chi connectivity index (χ0n) is 13.5. The third-order valence-electron chi connectivity index (χ3n) is 5.04. The maximum atomic E-state index is 4.40. The summed E-state index contributed by atoms with van der Waals surface area (Å²) < 4.78 is 0. The number of hydrogen-bond acceptors (Lipinski definition) is 6. The molecule has 2 saturated heterocycles. The highest BCUT2D eigenvalue weighted by atomic mass is 15.3. The topological polar surface area (TPSA) is 58.0 Å². The van der Waals surface area contributed by atoms with Gasteiger partial charge in [-0.3, -0.25) is 0 Å². The molecule has 120 valence electrons. The quantitative estimate of drug-likeness (QED) is 0.846. The molecule has 4 rings (SSSR count). The molecular weight excluding hydrogens is 288 g/mol. The van der Waals surface area contributed by atoms with E-state index in [0.29, 0.717) is 5.41 Å². The van der Waals surface area contributed by atoms with Crippen LogP contribution < -0.4 is 9.80 Å². The van der Waals surface area contributed by atoms with Gasteiger partial charge in [-0.05, 0) is 44.4 Å². The Kier molecular flexibility index (Phi) is 3.59. The highest BCUT2D eigenvalue weighted by Crippen LogP contribution is 2.40. The molecule has 0 amide bonds. The van der Waals surface area contributed by atoms with E-state index >= 15 is 0 Å². The van der Waals surface area contributed by atoms with E-state index in [1.165, 1.54) is 19.3 Å². The van der Waals surface area contributed by atoms with Gasteiger partial charge in [0.15, 0.2) is 5.82 Å². The minimum absolute atomic E-state index is 0.323. The summed E-state index contributed by atoms with van der Waals surface area (Å²) in [6.07, 6.45) is 7.32. The van der Waals surface area contributed by atoms with Crippen molar-refractivity contribution in [2.45, 2.75) is 26.2 Å². The number of piperidine rings is 1. The van der Waals surface area contributed by atoms with Gasteiger partial charge >= 0.3 is 0 Å². The first-order valence-corrected chi connectivity index (χ1v) is 8.31. The van der Waals surface area contributed by atoms with Crippen molar-refractivity contribution in [2.75, 3.05) is 36.0 Å². The van der Waals surface area contributed by atoms with Crippen molar-refractivity contribution in [3.63, 3.8) is 0 Å². The van der Waals surface area contributed by atoms with E-state index in [9.17, 15) is 0 Å². The van der Waals surface area contributed by atoms with Crippen LogP contribution in [-0.2, 0) is 0 Å². The molecule has 1 spiro atoms. The van der Waals surface area contributed by atoms with Gasteiger partial charge in [-0.15, -0.1) is 5.10 Å². The summed E-state index contributed by atoms with van der Waals surface area (Å²) >= 11 is 0. The molecule has 0 radical (unpaired) electrons. The lowest BCUT2D eigenvalue weighted by Gasteiger charge is -2.40. The molecule has 2 aliphatic heterocycles. The Labute approximate surface area is 136 Å². The molecule has 2 aromatic rings. The third kappa shape index (κ3) is 2.85. The van der Waals surface area contributed by atoms with Crippen LogP contribution in [-0.4, -0.2) is 46.3 Å². The van der Waals surface area contributed by atoms with Crippen molar-refractivity contribution in [3.05, 3.63) is 36.3 Å². The lowest BCUT2D eigenvalue weighted by Crippen LogP contribution is -2.45. The molecule has 2 fully saturated rings. The van der Waals surface area contributed by atoms with E-state index < -0.39 is 0 Å². The summed E-state index contributed by atoms with van der Waals surface area (Å²) in [6, 6.07) is 6.00. The van der Waals surface area contributed by atoms with Crippen LogP contribution in [0.15, 0.2) is 30.6 Å². The number of aromatic nitrogens is 4. The lowest BCUT2D eigenvalue weighted by molar-refractivity contribution is 0.262. The second-order valence-electron chi connectivity index (χ2n) is 6.78. The molecule has 23 heavy (non-hydrogen) atoms. The predicted octanol–water partition coefficient (Wildman–Crippen LogP) is 2.07. The van der Waals surface area contributed by atoms with Crippen LogP contribution in [0.4, 0.5) is 11.8 Å². The van der Waals surface area contributed by atoms with E-state index in [-0.39, 0.29) is 0 Å². The van der Waals surface area contributed by atoms with Gasteiger partial charge in [0.2, 0.25) is 5.95 Å². The second-order valence-corrected chi connectivity index (χ2v) is 6.78. The highest BCUT2D eigenvalue weighted by Gasteiger charge is 2.42. The second kappa shape index (κ2) is 5.76. The fraction of sp³-hybridized carbons (Fsp3) is 0.529. The highest BCUT2D eigenvalue weighted by molar-refractivity contribution is 5.40. The first-order chi connectivity index (χ1) is 11.2. The van der Waals surface area contributed by atoms with Gasteiger partial charge in [-0.1, -0.05) is 0 Å². The Bertz CT molecular complexity index is 659. The third-order valence-corrected chi connectivity index (χ3v) is 5.04. The lowest BCUT2D eigenvalue weighted by atomic mass is 9.79. The molecule has 0 bridgehead atoms. The molecule has 2 aromatic heterocycles. The average molecular weight is 310 g/mol. The Hall–Kier alpha value is -2.24. The zero-order chi connectivity index (χ0) is 15.7. The Balaban J connectivity index is 1.50. The maximum Gasteiger partial charge on any atom is 0.225 e. The number of nitrogens with zero attached hydrogens (tertiary/aromatic N) is 6. The molecule has 0 aromatic carbocycles. The number of anilines is 2. The van der Waals surface area contributed by atoms with Crippen molar-refractivity contribution in [3.8, 4) is 0 Å². The summed E-state index contributed by atoms with van der Waals surface area (Å²) in [7, 11) is 0. The zero-order valence-corrected chi connectivity index (χ0v) is 13.5. The SMILES string of the molecule is Cc1ccc(N2CCC[C@@]3(CCN(c4ncccn4)C3)C2)nn1. The van der Waals surface area contributed by atoms with Crippen LogP contribution >= 0.6 is 0 Å². The predicted molar refractivity (Wildman–Crippen MR) is 89.5 cm³/mol. The summed E-state index contributed by atoms with van der Waals surface area (Å²) in [5, 5.41) is 8.58. The molecular formula is C17H22N6. The fourth-order valence-electron chi connectivity index (χ4n) is 3.86. The van der Waals surface area contributed by atoms with Crippen LogP contribution in [0.25, 0.3) is 0 Å². The van der Waals surface area contributed by atoms with Crippen LogP contribution in [0.1, 0.15) is 25.0 Å². The molecule has 6 nitrogen and oxygen atoms in total. The Morgan fingerprint density at radius 1 is 0.957 bits per heavy atom.